The predicted octanol–water partition coefficient (Wildman–Crippen LogP) is 3.77. The van der Waals surface area contributed by atoms with Crippen LogP contribution in [0.25, 0.3) is 0 Å². The molecule has 2 fully saturated rings. The van der Waals surface area contributed by atoms with Gasteiger partial charge in [-0.2, -0.15) is 0 Å². The van der Waals surface area contributed by atoms with Gasteiger partial charge in [-0.25, -0.2) is 0 Å². The monoisotopic (exact) mass is 344 g/mol. The molecule has 2 nitrogen and oxygen atoms in total. The number of rotatable bonds is 2. The van der Waals surface area contributed by atoms with Crippen molar-refractivity contribution >= 4 is 80.8 Å². The van der Waals surface area contributed by atoms with Crippen molar-refractivity contribution in [1.29, 1.82) is 0 Å². The highest BCUT2D eigenvalue weighted by Gasteiger charge is 2.49. The Labute approximate surface area is 127 Å². The van der Waals surface area contributed by atoms with Crippen molar-refractivity contribution < 1.29 is 9.59 Å². The largest absolute Gasteiger partial charge is 0.288 e. The van der Waals surface area contributed by atoms with E-state index >= 15 is 0 Å². The third-order valence-electron chi connectivity index (χ3n) is 1.94. The first-order valence-electron chi connectivity index (χ1n) is 4.97. The zero-order chi connectivity index (χ0) is 12.5. The van der Waals surface area contributed by atoms with Crippen LogP contribution in [0.4, 0.5) is 0 Å². The smallest absolute Gasteiger partial charge is 0.186 e. The van der Waals surface area contributed by atoms with E-state index in [9.17, 15) is 9.59 Å². The average Bonchev–Trinajstić information content (AvgIpc) is 2.74. The van der Waals surface area contributed by atoms with E-state index in [0.717, 1.165) is 11.5 Å². The van der Waals surface area contributed by atoms with Crippen LogP contribution in [0.15, 0.2) is 0 Å². The molecule has 96 valence electrons. The van der Waals surface area contributed by atoms with Crippen LogP contribution >= 0.6 is 70.6 Å². The van der Waals surface area contributed by atoms with Crippen LogP contribution in [0, 0.1) is 0 Å². The molecule has 0 radical (unpaired) electrons. The van der Waals surface area contributed by atoms with Gasteiger partial charge in [0.25, 0.3) is 0 Å². The lowest BCUT2D eigenvalue weighted by Gasteiger charge is -2.19. The predicted molar refractivity (Wildman–Crippen MR) is 86.9 cm³/mol. The van der Waals surface area contributed by atoms with E-state index in [1.165, 1.54) is 23.5 Å². The third kappa shape index (κ3) is 4.21. The third-order valence-corrected chi connectivity index (χ3v) is 12.5. The molecule has 0 amide bonds. The Morgan fingerprint density at radius 2 is 1.41 bits per heavy atom. The summed E-state index contributed by atoms with van der Waals surface area (Å²) in [4.78, 5) is 22.2. The fourth-order valence-electron chi connectivity index (χ4n) is 1.42. The van der Waals surface area contributed by atoms with Gasteiger partial charge in [-0.05, 0) is 0 Å². The Hall–Kier alpha value is 1.44. The van der Waals surface area contributed by atoms with Gasteiger partial charge < -0.3 is 0 Å². The summed E-state index contributed by atoms with van der Waals surface area (Å²) in [5, 5.41) is 0.394. The van der Waals surface area contributed by atoms with Crippen molar-refractivity contribution in [1.82, 2.24) is 0 Å². The Morgan fingerprint density at radius 1 is 1.00 bits per heavy atom. The van der Waals surface area contributed by atoms with Gasteiger partial charge in [0.05, 0.1) is 9.16 Å². The summed E-state index contributed by atoms with van der Waals surface area (Å²) in [5.41, 5.74) is 0. The van der Waals surface area contributed by atoms with Gasteiger partial charge in [0, 0.05) is 25.4 Å². The molecule has 0 unspecified atom stereocenters. The molecular weight excluding hydrogens is 332 g/mol. The second-order valence-electron chi connectivity index (χ2n) is 3.44. The molecule has 0 aromatic carbocycles. The SMILES string of the molecule is CC(=O)S[C@H]1CS[C@]2(SC[C@@H](SC(C)=O)S2)S1. The lowest BCUT2D eigenvalue weighted by Crippen LogP contribution is -2.03. The normalized spacial score (nSPS) is 36.6. The average molecular weight is 345 g/mol. The number of carbonyl (C=O) groups excluding carboxylic acids is 2. The van der Waals surface area contributed by atoms with Crippen LogP contribution in [0.3, 0.4) is 0 Å². The number of hydrogen-bond donors (Lipinski definition) is 0. The molecule has 17 heavy (non-hydrogen) atoms. The second kappa shape index (κ2) is 6.26. The Morgan fingerprint density at radius 3 is 1.76 bits per heavy atom. The van der Waals surface area contributed by atoms with Crippen LogP contribution < -0.4 is 0 Å². The molecule has 0 saturated carbocycles. The quantitative estimate of drug-likeness (QED) is 0.749. The van der Waals surface area contributed by atoms with E-state index in [1.807, 2.05) is 47.0 Å². The first-order chi connectivity index (χ1) is 7.99. The number of carbonyl (C=O) groups is 2. The van der Waals surface area contributed by atoms with Gasteiger partial charge in [0.1, 0.15) is 0 Å². The second-order valence-corrected chi connectivity index (χ2v) is 13.6. The first kappa shape index (κ1) is 14.8. The minimum Gasteiger partial charge on any atom is -0.288 e. The van der Waals surface area contributed by atoms with Crippen molar-refractivity contribution in [2.24, 2.45) is 0 Å². The molecule has 2 heterocycles. The van der Waals surface area contributed by atoms with Crippen molar-refractivity contribution in [3.05, 3.63) is 0 Å². The van der Waals surface area contributed by atoms with Gasteiger partial charge in [0.2, 0.25) is 0 Å². The molecule has 2 rings (SSSR count). The summed E-state index contributed by atoms with van der Waals surface area (Å²) in [6, 6.07) is 0. The number of hydrogen-bond acceptors (Lipinski definition) is 8. The van der Waals surface area contributed by atoms with Crippen LogP contribution in [0.2, 0.25) is 0 Å². The van der Waals surface area contributed by atoms with E-state index in [2.05, 4.69) is 0 Å². The highest BCUT2D eigenvalue weighted by molar-refractivity contribution is 8.54. The van der Waals surface area contributed by atoms with Gasteiger partial charge in [-0.1, -0.05) is 23.5 Å². The minimum absolute atomic E-state index is 0.125. The summed E-state index contributed by atoms with van der Waals surface area (Å²) in [5.74, 6) is 2.04. The maximum Gasteiger partial charge on any atom is 0.186 e. The van der Waals surface area contributed by atoms with Gasteiger partial charge in [-0.3, -0.25) is 9.59 Å². The van der Waals surface area contributed by atoms with E-state index in [-0.39, 0.29) is 13.0 Å². The molecule has 0 aliphatic carbocycles. The maximum absolute atomic E-state index is 11.1. The number of thioether (sulfide) groups is 6. The van der Waals surface area contributed by atoms with Gasteiger partial charge in [-0.15, -0.1) is 47.0 Å². The van der Waals surface area contributed by atoms with Crippen molar-refractivity contribution in [2.75, 3.05) is 11.5 Å². The minimum atomic E-state index is 0.125. The molecule has 8 heteroatoms. The molecule has 0 aromatic heterocycles. The van der Waals surface area contributed by atoms with Crippen LogP contribution in [-0.2, 0) is 9.59 Å². The van der Waals surface area contributed by atoms with Crippen molar-refractivity contribution in [2.45, 2.75) is 25.8 Å². The summed E-state index contributed by atoms with van der Waals surface area (Å²) in [6.07, 6.45) is 0. The summed E-state index contributed by atoms with van der Waals surface area (Å²) >= 11 is 10.5. The van der Waals surface area contributed by atoms with Crippen molar-refractivity contribution in [3.63, 3.8) is 0 Å². The summed E-state index contributed by atoms with van der Waals surface area (Å²) < 4.78 is 0.873. The lowest BCUT2D eigenvalue weighted by molar-refractivity contribution is -0.109. The van der Waals surface area contributed by atoms with Crippen LogP contribution in [0.1, 0.15) is 13.8 Å². The van der Waals surface area contributed by atoms with Crippen molar-refractivity contribution in [3.8, 4) is 0 Å². The first-order valence-corrected chi connectivity index (χ1v) is 10.5. The summed E-state index contributed by atoms with van der Waals surface area (Å²) in [6.45, 7) is 3.26. The van der Waals surface area contributed by atoms with Crippen LogP contribution in [-0.4, -0.2) is 33.6 Å². The highest BCUT2D eigenvalue weighted by atomic mass is 32.3. The topological polar surface area (TPSA) is 34.1 Å². The Bertz CT molecular complexity index is 301. The van der Waals surface area contributed by atoms with Gasteiger partial charge in [0.15, 0.2) is 13.0 Å². The standard InChI is InChI=1S/C9H12O2S6/c1-5(10)14-7-3-12-9(16-7)13-4-8(17-9)15-6(2)11/h7-8H,3-4H2,1-2H3/t7-,8+,9-/m0/s1. The fraction of sp³-hybridized carbons (Fsp3) is 0.778. The molecule has 0 bridgehead atoms. The van der Waals surface area contributed by atoms with E-state index in [1.54, 1.807) is 13.8 Å². The zero-order valence-corrected chi connectivity index (χ0v) is 14.2. The van der Waals surface area contributed by atoms with E-state index in [0.29, 0.717) is 9.16 Å². The molecule has 1 spiro atoms. The van der Waals surface area contributed by atoms with E-state index in [4.69, 9.17) is 0 Å². The fourth-order valence-corrected chi connectivity index (χ4v) is 13.5. The molecule has 0 aromatic rings. The molecule has 2 aliphatic heterocycles. The molecule has 3 atom stereocenters. The molecule has 0 N–H and O–H groups in total. The molecule has 2 aliphatic rings. The molecular formula is C9H12O2S6. The van der Waals surface area contributed by atoms with E-state index < -0.39 is 0 Å². The lowest BCUT2D eigenvalue weighted by atomic mass is 10.9. The zero-order valence-electron chi connectivity index (χ0n) is 9.33. The highest BCUT2D eigenvalue weighted by Crippen LogP contribution is 2.69. The maximum atomic E-state index is 11.1. The Kier molecular flexibility index (Phi) is 5.47. The summed E-state index contributed by atoms with van der Waals surface area (Å²) in [7, 11) is 0. The Balaban J connectivity index is 1.87. The van der Waals surface area contributed by atoms with Crippen LogP contribution in [0.5, 0.6) is 0 Å². The van der Waals surface area contributed by atoms with Gasteiger partial charge >= 0.3 is 0 Å². The molecule has 2 saturated heterocycles.